The molecular formula is C44H39N3. The molecule has 0 aliphatic rings. The van der Waals surface area contributed by atoms with Gasteiger partial charge < -0.3 is 0 Å². The van der Waals surface area contributed by atoms with Crippen molar-refractivity contribution in [3.05, 3.63) is 187 Å². The van der Waals surface area contributed by atoms with Gasteiger partial charge in [0, 0.05) is 22.1 Å². The first-order valence-corrected chi connectivity index (χ1v) is 16.3. The van der Waals surface area contributed by atoms with E-state index >= 15 is 0 Å². The van der Waals surface area contributed by atoms with Gasteiger partial charge in [0.15, 0.2) is 17.5 Å². The summed E-state index contributed by atoms with van der Waals surface area (Å²) in [6.07, 6.45) is 10.2. The van der Waals surface area contributed by atoms with Gasteiger partial charge in [-0.3, -0.25) is 0 Å². The van der Waals surface area contributed by atoms with E-state index in [1.54, 1.807) is 0 Å². The second-order valence-electron chi connectivity index (χ2n) is 11.6. The van der Waals surface area contributed by atoms with E-state index in [9.17, 15) is 0 Å². The molecule has 0 spiro atoms. The zero-order valence-corrected chi connectivity index (χ0v) is 27.1. The van der Waals surface area contributed by atoms with Crippen LogP contribution in [0.15, 0.2) is 164 Å². The highest BCUT2D eigenvalue weighted by Crippen LogP contribution is 2.40. The molecule has 6 rings (SSSR count). The summed E-state index contributed by atoms with van der Waals surface area (Å²) in [6.45, 7) is 8.46. The molecule has 0 atom stereocenters. The summed E-state index contributed by atoms with van der Waals surface area (Å²) in [7, 11) is 0. The molecule has 1 heterocycles. The van der Waals surface area contributed by atoms with Crippen LogP contribution in [0.1, 0.15) is 48.9 Å². The monoisotopic (exact) mass is 609 g/mol. The Morgan fingerprint density at radius 2 is 0.979 bits per heavy atom. The first kappa shape index (κ1) is 31.3. The molecular weight excluding hydrogens is 571 g/mol. The largest absolute Gasteiger partial charge is 0.208 e. The summed E-state index contributed by atoms with van der Waals surface area (Å²) < 4.78 is 0. The third-order valence-electron chi connectivity index (χ3n) is 8.93. The van der Waals surface area contributed by atoms with E-state index in [1.165, 1.54) is 16.7 Å². The Morgan fingerprint density at radius 3 is 1.43 bits per heavy atom. The van der Waals surface area contributed by atoms with Gasteiger partial charge in [0.05, 0.1) is 0 Å². The number of hydrogen-bond donors (Lipinski definition) is 0. The van der Waals surface area contributed by atoms with Crippen LogP contribution in [0, 0.1) is 0 Å². The zero-order valence-electron chi connectivity index (χ0n) is 27.1. The lowest BCUT2D eigenvalue weighted by Crippen LogP contribution is -2.26. The maximum Gasteiger partial charge on any atom is 0.164 e. The molecule has 3 nitrogen and oxygen atoms in total. The molecule has 1 aromatic heterocycles. The van der Waals surface area contributed by atoms with E-state index in [0.29, 0.717) is 17.5 Å². The van der Waals surface area contributed by atoms with Crippen molar-refractivity contribution >= 4 is 11.6 Å². The van der Waals surface area contributed by atoms with Gasteiger partial charge in [-0.25, -0.2) is 15.0 Å². The highest BCUT2D eigenvalue weighted by Gasteiger charge is 2.30. The highest BCUT2D eigenvalue weighted by atomic mass is 15.0. The summed E-state index contributed by atoms with van der Waals surface area (Å²) in [4.78, 5) is 14.7. The molecule has 0 aliphatic carbocycles. The van der Waals surface area contributed by atoms with E-state index in [1.807, 2.05) is 78.9 Å². The number of benzene rings is 5. The lowest BCUT2D eigenvalue weighted by atomic mass is 9.70. The van der Waals surface area contributed by atoms with Gasteiger partial charge in [0.25, 0.3) is 0 Å². The van der Waals surface area contributed by atoms with E-state index in [4.69, 9.17) is 15.0 Å². The summed E-state index contributed by atoms with van der Waals surface area (Å²) in [6, 6.07) is 48.4. The van der Waals surface area contributed by atoms with Gasteiger partial charge in [0.1, 0.15) is 0 Å². The molecule has 47 heavy (non-hydrogen) atoms. The standard InChI is InChI=1S/C44H39N3/c1-4-16-34(35-17-10-7-11-18-35)26-23-33-24-29-39(30-25-33)44(5-2,6-3)40-31-27-38(28-32-40)43-46-41(36-19-12-8-13-20-36)45-42(47-43)37-21-14-9-15-22-37/h4,7-32H,1,5-6H2,2-3H3/b26-23+,34-16+. The molecule has 6 aromatic rings. The number of aromatic nitrogens is 3. The topological polar surface area (TPSA) is 38.7 Å². The maximum atomic E-state index is 4.92. The molecule has 0 radical (unpaired) electrons. The average Bonchev–Trinajstić information content (AvgIpc) is 3.15. The van der Waals surface area contributed by atoms with Crippen LogP contribution in [0.2, 0.25) is 0 Å². The fraction of sp³-hybridized carbons (Fsp3) is 0.114. The van der Waals surface area contributed by atoms with E-state index in [0.717, 1.165) is 40.7 Å². The molecule has 0 bridgehead atoms. The third-order valence-corrected chi connectivity index (χ3v) is 8.93. The Labute approximate surface area is 278 Å². The molecule has 0 amide bonds. The summed E-state index contributed by atoms with van der Waals surface area (Å²) in [5, 5.41) is 0. The number of hydrogen-bond acceptors (Lipinski definition) is 3. The van der Waals surface area contributed by atoms with Gasteiger partial charge in [-0.2, -0.15) is 0 Å². The first-order valence-electron chi connectivity index (χ1n) is 16.3. The highest BCUT2D eigenvalue weighted by molar-refractivity contribution is 5.79. The molecule has 5 aromatic carbocycles. The number of rotatable bonds is 11. The van der Waals surface area contributed by atoms with Gasteiger partial charge in [-0.05, 0) is 40.7 Å². The lowest BCUT2D eigenvalue weighted by Gasteiger charge is -2.33. The predicted octanol–water partition coefficient (Wildman–Crippen LogP) is 11.3. The summed E-state index contributed by atoms with van der Waals surface area (Å²) in [5.41, 5.74) is 8.85. The third kappa shape index (κ3) is 6.95. The van der Waals surface area contributed by atoms with Crippen molar-refractivity contribution in [1.29, 1.82) is 0 Å². The van der Waals surface area contributed by atoms with Crippen LogP contribution in [-0.2, 0) is 5.41 Å². The molecule has 0 aliphatic heterocycles. The van der Waals surface area contributed by atoms with Crippen molar-refractivity contribution in [1.82, 2.24) is 15.0 Å². The maximum absolute atomic E-state index is 4.92. The Balaban J connectivity index is 1.30. The first-order chi connectivity index (χ1) is 23.1. The lowest BCUT2D eigenvalue weighted by molar-refractivity contribution is 0.478. The van der Waals surface area contributed by atoms with Gasteiger partial charge in [-0.1, -0.05) is 184 Å². The van der Waals surface area contributed by atoms with E-state index in [-0.39, 0.29) is 5.41 Å². The second-order valence-corrected chi connectivity index (χ2v) is 11.6. The summed E-state index contributed by atoms with van der Waals surface area (Å²) >= 11 is 0. The molecule has 0 N–H and O–H groups in total. The Bertz CT molecular complexity index is 1910. The van der Waals surface area contributed by atoms with Crippen LogP contribution in [0.5, 0.6) is 0 Å². The predicted molar refractivity (Wildman–Crippen MR) is 198 cm³/mol. The van der Waals surface area contributed by atoms with Crippen molar-refractivity contribution in [2.75, 3.05) is 0 Å². The van der Waals surface area contributed by atoms with Crippen LogP contribution in [-0.4, -0.2) is 15.0 Å². The fourth-order valence-electron chi connectivity index (χ4n) is 6.21. The van der Waals surface area contributed by atoms with Gasteiger partial charge >= 0.3 is 0 Å². The van der Waals surface area contributed by atoms with Crippen molar-refractivity contribution in [2.45, 2.75) is 32.1 Å². The SMILES string of the molecule is C=C/C=C(\C=C\c1ccc(C(CC)(CC)c2ccc(-c3nc(-c4ccccc4)nc(-c4ccccc4)n3)cc2)cc1)c1ccccc1. The van der Waals surface area contributed by atoms with Gasteiger partial charge in [-0.15, -0.1) is 0 Å². The van der Waals surface area contributed by atoms with E-state index in [2.05, 4.69) is 105 Å². The summed E-state index contributed by atoms with van der Waals surface area (Å²) in [5.74, 6) is 2.00. The molecule has 230 valence electrons. The molecule has 0 saturated carbocycles. The van der Waals surface area contributed by atoms with Crippen LogP contribution < -0.4 is 0 Å². The van der Waals surface area contributed by atoms with Crippen LogP contribution in [0.25, 0.3) is 45.8 Å². The smallest absolute Gasteiger partial charge is 0.164 e. The van der Waals surface area contributed by atoms with Gasteiger partial charge in [0.2, 0.25) is 0 Å². The number of nitrogens with zero attached hydrogens (tertiary/aromatic N) is 3. The minimum Gasteiger partial charge on any atom is -0.208 e. The second kappa shape index (κ2) is 14.6. The van der Waals surface area contributed by atoms with Crippen molar-refractivity contribution in [3.63, 3.8) is 0 Å². The van der Waals surface area contributed by atoms with Crippen LogP contribution in [0.4, 0.5) is 0 Å². The van der Waals surface area contributed by atoms with Crippen molar-refractivity contribution in [2.24, 2.45) is 0 Å². The quantitative estimate of drug-likeness (QED) is 0.137. The Morgan fingerprint density at radius 1 is 0.553 bits per heavy atom. The minimum atomic E-state index is -0.109. The molecule has 0 saturated heterocycles. The van der Waals surface area contributed by atoms with Crippen molar-refractivity contribution < 1.29 is 0 Å². The van der Waals surface area contributed by atoms with Crippen molar-refractivity contribution in [3.8, 4) is 34.2 Å². The Kier molecular flexibility index (Phi) is 9.74. The molecule has 0 unspecified atom stereocenters. The molecule has 3 heteroatoms. The number of allylic oxidation sites excluding steroid dienone is 4. The van der Waals surface area contributed by atoms with E-state index < -0.39 is 0 Å². The zero-order chi connectivity index (χ0) is 32.5. The van der Waals surface area contributed by atoms with Crippen LogP contribution in [0.3, 0.4) is 0 Å². The molecule has 0 fully saturated rings. The fourth-order valence-corrected chi connectivity index (χ4v) is 6.21. The minimum absolute atomic E-state index is 0.109. The normalized spacial score (nSPS) is 11.9. The van der Waals surface area contributed by atoms with Crippen LogP contribution >= 0.6 is 0 Å². The average molecular weight is 610 g/mol. The Hall–Kier alpha value is -5.67.